The average Bonchev–Trinajstić information content (AvgIpc) is 3.02. The van der Waals surface area contributed by atoms with Crippen LogP contribution in [0.4, 0.5) is 0 Å². The largest absolute Gasteiger partial charge is 0.478 e. The Morgan fingerprint density at radius 2 is 0.814 bits per heavy atom. The van der Waals surface area contributed by atoms with Crippen LogP contribution >= 0.6 is 0 Å². The van der Waals surface area contributed by atoms with Gasteiger partial charge in [-0.1, -0.05) is 193 Å². The molecular weight excluding hydrogens is 532 g/mol. The summed E-state index contributed by atoms with van der Waals surface area (Å²) >= 11 is 0. The van der Waals surface area contributed by atoms with E-state index in [1.54, 1.807) is 30.3 Å². The molecule has 4 heteroatoms. The van der Waals surface area contributed by atoms with E-state index < -0.39 is 5.97 Å². The van der Waals surface area contributed by atoms with Gasteiger partial charge in [-0.15, -0.1) is 0 Å². The van der Waals surface area contributed by atoms with Crippen molar-refractivity contribution >= 4 is 11.9 Å². The number of carboxylic acids is 1. The highest BCUT2D eigenvalue weighted by Crippen LogP contribution is 2.14. The van der Waals surface area contributed by atoms with Crippen LogP contribution < -0.4 is 0 Å². The molecule has 0 bridgehead atoms. The quantitative estimate of drug-likeness (QED) is 0.0702. The van der Waals surface area contributed by atoms with Gasteiger partial charge in [0.1, 0.15) is 0 Å². The molecule has 0 saturated carbocycles. The zero-order valence-corrected chi connectivity index (χ0v) is 28.6. The molecule has 1 N–H and O–H groups in total. The summed E-state index contributed by atoms with van der Waals surface area (Å²) in [4.78, 5) is 22.1. The van der Waals surface area contributed by atoms with Gasteiger partial charge in [0, 0.05) is 6.42 Å². The summed E-state index contributed by atoms with van der Waals surface area (Å²) in [6.45, 7) is 5.20. The highest BCUT2D eigenvalue weighted by molar-refractivity contribution is 5.87. The first-order valence-electron chi connectivity index (χ1n) is 18.6. The molecule has 0 amide bonds. The smallest absolute Gasteiger partial charge is 0.335 e. The minimum atomic E-state index is -0.879. The fraction of sp³-hybridized carbons (Fsp3) is 0.795. The van der Waals surface area contributed by atoms with Crippen LogP contribution in [-0.2, 0) is 9.53 Å². The molecule has 0 fully saturated rings. The summed E-state index contributed by atoms with van der Waals surface area (Å²) in [6, 6.07) is 8.30. The van der Waals surface area contributed by atoms with Gasteiger partial charge in [0.25, 0.3) is 0 Å². The second-order valence-electron chi connectivity index (χ2n) is 12.5. The average molecular weight is 603 g/mol. The maximum Gasteiger partial charge on any atom is 0.335 e. The first-order chi connectivity index (χ1) is 21.1. The van der Waals surface area contributed by atoms with Crippen LogP contribution in [-0.4, -0.2) is 23.7 Å². The fourth-order valence-corrected chi connectivity index (χ4v) is 5.42. The molecule has 1 aromatic carbocycles. The van der Waals surface area contributed by atoms with Crippen LogP contribution in [0.2, 0.25) is 0 Å². The van der Waals surface area contributed by atoms with Gasteiger partial charge in [-0.25, -0.2) is 4.79 Å². The third-order valence-electron chi connectivity index (χ3n) is 8.27. The Morgan fingerprint density at radius 1 is 0.488 bits per heavy atom. The molecule has 0 heterocycles. The predicted octanol–water partition coefficient (Wildman–Crippen LogP) is 12.9. The topological polar surface area (TPSA) is 63.6 Å². The number of benzene rings is 1. The van der Waals surface area contributed by atoms with E-state index in [0.29, 0.717) is 18.6 Å². The molecule has 0 aromatic heterocycles. The summed E-state index contributed by atoms with van der Waals surface area (Å²) in [5.41, 5.74) is 0.331. The monoisotopic (exact) mass is 603 g/mol. The number of carbonyl (C=O) groups is 2. The van der Waals surface area contributed by atoms with Gasteiger partial charge >= 0.3 is 11.9 Å². The van der Waals surface area contributed by atoms with Crippen LogP contribution in [0, 0.1) is 0 Å². The maximum atomic E-state index is 11.9. The molecule has 1 aromatic rings. The molecule has 1 rings (SSSR count). The number of esters is 1. The van der Waals surface area contributed by atoms with E-state index >= 15 is 0 Å². The van der Waals surface area contributed by atoms with Crippen molar-refractivity contribution in [3.05, 3.63) is 35.9 Å². The van der Waals surface area contributed by atoms with Crippen molar-refractivity contribution < 1.29 is 19.4 Å². The number of hydrogen-bond acceptors (Lipinski definition) is 3. The number of ether oxygens (including phenoxy) is 1. The number of unbranched alkanes of at least 4 members (excludes halogenated alkanes) is 25. The highest BCUT2D eigenvalue weighted by Gasteiger charge is 2.03. The number of rotatable bonds is 30. The molecular formula is C39H70O4. The van der Waals surface area contributed by atoms with Crippen LogP contribution in [0.15, 0.2) is 30.3 Å². The minimum absolute atomic E-state index is 0.0257. The molecule has 0 saturated heterocycles. The molecule has 0 radical (unpaired) electrons. The lowest BCUT2D eigenvalue weighted by Crippen LogP contribution is -2.05. The number of hydrogen-bond donors (Lipinski definition) is 1. The Balaban J connectivity index is 0.00000165. The predicted molar refractivity (Wildman–Crippen MR) is 185 cm³/mol. The van der Waals surface area contributed by atoms with E-state index in [4.69, 9.17) is 9.84 Å². The third kappa shape index (κ3) is 32.9. The van der Waals surface area contributed by atoms with Gasteiger partial charge in [0.05, 0.1) is 12.2 Å². The lowest BCUT2D eigenvalue weighted by molar-refractivity contribution is -0.143. The number of aromatic carboxylic acids is 1. The Morgan fingerprint density at radius 3 is 1.14 bits per heavy atom. The van der Waals surface area contributed by atoms with Crippen molar-refractivity contribution in [2.75, 3.05) is 6.61 Å². The summed E-state index contributed by atoms with van der Waals surface area (Å²) in [6.07, 6.45) is 37.2. The van der Waals surface area contributed by atoms with Crippen molar-refractivity contribution in [2.24, 2.45) is 0 Å². The Hall–Kier alpha value is -1.84. The Kier molecular flexibility index (Phi) is 33.2. The summed E-state index contributed by atoms with van der Waals surface area (Å²) in [7, 11) is 0. The van der Waals surface area contributed by atoms with E-state index in [-0.39, 0.29) is 5.97 Å². The van der Waals surface area contributed by atoms with Gasteiger partial charge in [-0.3, -0.25) is 4.79 Å². The molecule has 0 aliphatic rings. The van der Waals surface area contributed by atoms with Crippen LogP contribution in [0.25, 0.3) is 0 Å². The first kappa shape index (κ1) is 41.2. The van der Waals surface area contributed by atoms with E-state index in [2.05, 4.69) is 13.8 Å². The second kappa shape index (κ2) is 34.6. The fourth-order valence-electron chi connectivity index (χ4n) is 5.42. The molecule has 250 valence electrons. The molecule has 0 aliphatic heterocycles. The first-order valence-corrected chi connectivity index (χ1v) is 18.6. The minimum Gasteiger partial charge on any atom is -0.478 e. The van der Waals surface area contributed by atoms with Gasteiger partial charge in [0.2, 0.25) is 0 Å². The highest BCUT2D eigenvalue weighted by atomic mass is 16.5. The molecule has 0 atom stereocenters. The van der Waals surface area contributed by atoms with Crippen molar-refractivity contribution in [3.63, 3.8) is 0 Å². The van der Waals surface area contributed by atoms with Gasteiger partial charge in [0.15, 0.2) is 0 Å². The summed E-state index contributed by atoms with van der Waals surface area (Å²) in [5, 5.41) is 8.38. The second-order valence-corrected chi connectivity index (χ2v) is 12.5. The molecule has 4 nitrogen and oxygen atoms in total. The molecule has 43 heavy (non-hydrogen) atoms. The van der Waals surface area contributed by atoms with Crippen molar-refractivity contribution in [1.82, 2.24) is 0 Å². The molecule has 0 unspecified atom stereocenters. The normalized spacial score (nSPS) is 10.7. The van der Waals surface area contributed by atoms with Gasteiger partial charge in [-0.05, 0) is 25.0 Å². The van der Waals surface area contributed by atoms with E-state index in [1.165, 1.54) is 161 Å². The standard InChI is InChI=1S/C32H64O2.C7H6O2/c1-3-5-7-9-11-13-15-17-19-21-23-25-27-29-31-34-32(33)30-28-26-24-22-20-18-16-14-12-10-8-6-4-2;8-7(9)6-4-2-1-3-5-6/h3-31H2,1-2H3;1-5H,(H,8,9). The van der Waals surface area contributed by atoms with Crippen LogP contribution in [0.1, 0.15) is 204 Å². The summed E-state index contributed by atoms with van der Waals surface area (Å²) < 4.78 is 5.42. The zero-order chi connectivity index (χ0) is 31.5. The van der Waals surface area contributed by atoms with E-state index in [0.717, 1.165) is 12.8 Å². The lowest BCUT2D eigenvalue weighted by atomic mass is 10.0. The Bertz CT molecular complexity index is 702. The van der Waals surface area contributed by atoms with Crippen molar-refractivity contribution in [3.8, 4) is 0 Å². The lowest BCUT2D eigenvalue weighted by Gasteiger charge is -2.06. The summed E-state index contributed by atoms with van der Waals surface area (Å²) in [5.74, 6) is -0.853. The van der Waals surface area contributed by atoms with Crippen LogP contribution in [0.5, 0.6) is 0 Å². The van der Waals surface area contributed by atoms with Gasteiger partial charge < -0.3 is 9.84 Å². The zero-order valence-electron chi connectivity index (χ0n) is 28.6. The van der Waals surface area contributed by atoms with E-state index in [9.17, 15) is 9.59 Å². The van der Waals surface area contributed by atoms with Crippen molar-refractivity contribution in [2.45, 2.75) is 194 Å². The SMILES string of the molecule is CCCCCCCCCCCCCCCCOC(=O)CCCCCCCCCCCCCCC.O=C(O)c1ccccc1. The molecule has 0 spiro atoms. The molecule has 0 aliphatic carbocycles. The number of carboxylic acid groups (broad SMARTS) is 1. The Labute approximate surface area is 267 Å². The van der Waals surface area contributed by atoms with Crippen molar-refractivity contribution in [1.29, 1.82) is 0 Å². The van der Waals surface area contributed by atoms with Crippen LogP contribution in [0.3, 0.4) is 0 Å². The maximum absolute atomic E-state index is 11.9. The third-order valence-corrected chi connectivity index (χ3v) is 8.27. The number of carbonyl (C=O) groups excluding carboxylic acids is 1. The van der Waals surface area contributed by atoms with E-state index in [1.807, 2.05) is 0 Å². The van der Waals surface area contributed by atoms with Gasteiger partial charge in [-0.2, -0.15) is 0 Å².